The first-order chi connectivity index (χ1) is 25.8. The Kier molecular flexibility index (Phi) is 7.18. The summed E-state index contributed by atoms with van der Waals surface area (Å²) in [7, 11) is 0. The second kappa shape index (κ2) is 12.5. The van der Waals surface area contributed by atoms with Gasteiger partial charge in [0.2, 0.25) is 0 Å². The summed E-state index contributed by atoms with van der Waals surface area (Å²) in [6.07, 6.45) is 0. The Labute approximate surface area is 303 Å². The molecule has 1 aromatic heterocycles. The Morgan fingerprint density at radius 2 is 0.904 bits per heavy atom. The predicted octanol–water partition coefficient (Wildman–Crippen LogP) is 13.9. The van der Waals surface area contributed by atoms with E-state index in [4.69, 9.17) is 0 Å². The molecule has 244 valence electrons. The zero-order valence-corrected chi connectivity index (χ0v) is 28.5. The lowest BCUT2D eigenvalue weighted by atomic mass is 9.97. The van der Waals surface area contributed by atoms with Gasteiger partial charge in [0.1, 0.15) is 0 Å². The number of benzene rings is 9. The standard InChI is InChI=1S/C50H34N2/c1-2-15-39-34-42(32-29-35(39)13-1)51(47-26-12-16-37-14-3-4-19-43(37)47)41-30-27-36(28-31-41)38-17-11-18-40(33-38)44-20-5-8-23-48(44)52-49-24-9-6-21-45(49)46-22-7-10-25-50(46)52/h1-34H. The summed E-state index contributed by atoms with van der Waals surface area (Å²) < 4.78 is 2.41. The number of nitrogens with zero attached hydrogens (tertiary/aromatic N) is 2. The van der Waals surface area contributed by atoms with E-state index in [0.29, 0.717) is 0 Å². The van der Waals surface area contributed by atoms with Crippen LogP contribution in [0.25, 0.3) is 71.3 Å². The van der Waals surface area contributed by atoms with E-state index in [1.165, 1.54) is 71.3 Å². The molecule has 0 N–H and O–H groups in total. The summed E-state index contributed by atoms with van der Waals surface area (Å²) in [6, 6.07) is 74.7. The second-order valence-electron chi connectivity index (χ2n) is 13.4. The third-order valence-corrected chi connectivity index (χ3v) is 10.4. The van der Waals surface area contributed by atoms with Crippen LogP contribution in [0.1, 0.15) is 0 Å². The third-order valence-electron chi connectivity index (χ3n) is 10.4. The average Bonchev–Trinajstić information content (AvgIpc) is 3.55. The molecule has 2 heteroatoms. The van der Waals surface area contributed by atoms with Gasteiger partial charge in [-0.15, -0.1) is 0 Å². The van der Waals surface area contributed by atoms with Gasteiger partial charge < -0.3 is 9.47 Å². The van der Waals surface area contributed by atoms with Crippen LogP contribution in [0.2, 0.25) is 0 Å². The zero-order chi connectivity index (χ0) is 34.4. The first kappa shape index (κ1) is 30.0. The van der Waals surface area contributed by atoms with Crippen LogP contribution in [-0.4, -0.2) is 4.57 Å². The van der Waals surface area contributed by atoms with Gasteiger partial charge in [0.15, 0.2) is 0 Å². The summed E-state index contributed by atoms with van der Waals surface area (Å²) in [6.45, 7) is 0. The molecular weight excluding hydrogens is 629 g/mol. The van der Waals surface area contributed by atoms with E-state index in [0.717, 1.165) is 17.1 Å². The van der Waals surface area contributed by atoms with Crippen molar-refractivity contribution in [2.75, 3.05) is 4.90 Å². The smallest absolute Gasteiger partial charge is 0.0541 e. The van der Waals surface area contributed by atoms with E-state index in [-0.39, 0.29) is 0 Å². The van der Waals surface area contributed by atoms with Gasteiger partial charge in [0.25, 0.3) is 0 Å². The summed E-state index contributed by atoms with van der Waals surface area (Å²) in [5.74, 6) is 0. The molecule has 52 heavy (non-hydrogen) atoms. The number of hydrogen-bond donors (Lipinski definition) is 0. The minimum absolute atomic E-state index is 1.11. The zero-order valence-electron chi connectivity index (χ0n) is 28.5. The summed E-state index contributed by atoms with van der Waals surface area (Å²) in [5.41, 5.74) is 11.8. The van der Waals surface area contributed by atoms with E-state index < -0.39 is 0 Å². The molecule has 2 nitrogen and oxygen atoms in total. The molecule has 1 heterocycles. The van der Waals surface area contributed by atoms with Crippen molar-refractivity contribution in [3.63, 3.8) is 0 Å². The number of anilines is 3. The maximum absolute atomic E-state index is 2.41. The normalized spacial score (nSPS) is 11.5. The van der Waals surface area contributed by atoms with Crippen LogP contribution in [0.3, 0.4) is 0 Å². The Morgan fingerprint density at radius 1 is 0.327 bits per heavy atom. The third kappa shape index (κ3) is 5.04. The molecule has 10 rings (SSSR count). The van der Waals surface area contributed by atoms with E-state index in [2.05, 4.69) is 216 Å². The fourth-order valence-electron chi connectivity index (χ4n) is 7.91. The summed E-state index contributed by atoms with van der Waals surface area (Å²) in [4.78, 5) is 2.39. The Balaban J connectivity index is 1.07. The number of aromatic nitrogens is 1. The van der Waals surface area contributed by atoms with Crippen molar-refractivity contribution in [2.24, 2.45) is 0 Å². The molecule has 0 atom stereocenters. The SMILES string of the molecule is c1cc(-c2ccc(N(c3ccc4ccccc4c3)c3cccc4ccccc34)cc2)cc(-c2ccccc2-n2c3ccccc3c3ccccc32)c1. The van der Waals surface area contributed by atoms with Crippen molar-refractivity contribution in [3.05, 3.63) is 206 Å². The van der Waals surface area contributed by atoms with E-state index in [1.54, 1.807) is 0 Å². The quantitative estimate of drug-likeness (QED) is 0.172. The molecule has 0 bridgehead atoms. The van der Waals surface area contributed by atoms with Gasteiger partial charge in [-0.2, -0.15) is 0 Å². The van der Waals surface area contributed by atoms with E-state index >= 15 is 0 Å². The van der Waals surface area contributed by atoms with Gasteiger partial charge in [0, 0.05) is 33.1 Å². The molecule has 0 aliphatic heterocycles. The van der Waals surface area contributed by atoms with Crippen LogP contribution in [0, 0.1) is 0 Å². The lowest BCUT2D eigenvalue weighted by molar-refractivity contribution is 1.18. The molecule has 0 amide bonds. The monoisotopic (exact) mass is 662 g/mol. The summed E-state index contributed by atoms with van der Waals surface area (Å²) in [5, 5.41) is 7.43. The Hall–Kier alpha value is -6.90. The Morgan fingerprint density at radius 3 is 1.69 bits per heavy atom. The first-order valence-corrected chi connectivity index (χ1v) is 17.9. The van der Waals surface area contributed by atoms with Crippen LogP contribution >= 0.6 is 0 Å². The highest BCUT2D eigenvalue weighted by atomic mass is 15.1. The summed E-state index contributed by atoms with van der Waals surface area (Å²) >= 11 is 0. The first-order valence-electron chi connectivity index (χ1n) is 17.9. The lowest BCUT2D eigenvalue weighted by Gasteiger charge is -2.27. The van der Waals surface area contributed by atoms with Gasteiger partial charge in [-0.3, -0.25) is 0 Å². The molecule has 0 aliphatic carbocycles. The molecule has 0 unspecified atom stereocenters. The van der Waals surface area contributed by atoms with Crippen LogP contribution in [-0.2, 0) is 0 Å². The minimum Gasteiger partial charge on any atom is -0.310 e. The fraction of sp³-hybridized carbons (Fsp3) is 0. The number of para-hydroxylation sites is 3. The number of hydrogen-bond acceptors (Lipinski definition) is 1. The van der Waals surface area contributed by atoms with Gasteiger partial charge in [-0.1, -0.05) is 152 Å². The molecule has 0 saturated carbocycles. The maximum atomic E-state index is 2.41. The largest absolute Gasteiger partial charge is 0.310 e. The van der Waals surface area contributed by atoms with Gasteiger partial charge >= 0.3 is 0 Å². The van der Waals surface area contributed by atoms with E-state index in [9.17, 15) is 0 Å². The van der Waals surface area contributed by atoms with E-state index in [1.807, 2.05) is 0 Å². The molecule has 0 radical (unpaired) electrons. The second-order valence-corrected chi connectivity index (χ2v) is 13.4. The topological polar surface area (TPSA) is 8.17 Å². The predicted molar refractivity (Wildman–Crippen MR) is 221 cm³/mol. The van der Waals surface area contributed by atoms with Crippen LogP contribution < -0.4 is 4.90 Å². The molecule has 9 aromatic carbocycles. The van der Waals surface area contributed by atoms with Crippen LogP contribution in [0.15, 0.2) is 206 Å². The van der Waals surface area contributed by atoms with Crippen LogP contribution in [0.4, 0.5) is 17.1 Å². The number of fused-ring (bicyclic) bond motifs is 5. The lowest BCUT2D eigenvalue weighted by Crippen LogP contribution is -2.10. The van der Waals surface area contributed by atoms with Gasteiger partial charge in [-0.25, -0.2) is 0 Å². The fourth-order valence-corrected chi connectivity index (χ4v) is 7.91. The molecule has 0 spiro atoms. The van der Waals surface area contributed by atoms with Crippen molar-refractivity contribution >= 4 is 60.4 Å². The van der Waals surface area contributed by atoms with Crippen LogP contribution in [0.5, 0.6) is 0 Å². The highest BCUT2D eigenvalue weighted by Gasteiger charge is 2.18. The number of rotatable bonds is 6. The molecule has 10 aromatic rings. The minimum atomic E-state index is 1.11. The van der Waals surface area contributed by atoms with Gasteiger partial charge in [-0.05, 0) is 87.4 Å². The molecule has 0 saturated heterocycles. The molecular formula is C50H34N2. The highest BCUT2D eigenvalue weighted by molar-refractivity contribution is 6.10. The van der Waals surface area contributed by atoms with Crippen molar-refractivity contribution < 1.29 is 0 Å². The highest BCUT2D eigenvalue weighted by Crippen LogP contribution is 2.41. The average molecular weight is 663 g/mol. The van der Waals surface area contributed by atoms with Crippen molar-refractivity contribution in [3.8, 4) is 27.9 Å². The van der Waals surface area contributed by atoms with Gasteiger partial charge in [0.05, 0.1) is 22.4 Å². The van der Waals surface area contributed by atoms with Crippen molar-refractivity contribution in [1.82, 2.24) is 4.57 Å². The molecule has 0 aliphatic rings. The molecule has 0 fully saturated rings. The Bertz CT molecular complexity index is 2860. The maximum Gasteiger partial charge on any atom is 0.0541 e. The van der Waals surface area contributed by atoms with Crippen molar-refractivity contribution in [1.29, 1.82) is 0 Å². The van der Waals surface area contributed by atoms with Crippen molar-refractivity contribution in [2.45, 2.75) is 0 Å².